The third-order valence-corrected chi connectivity index (χ3v) is 4.31. The van der Waals surface area contributed by atoms with Gasteiger partial charge in [0.05, 0.1) is 12.1 Å². The van der Waals surface area contributed by atoms with E-state index in [4.69, 9.17) is 10.5 Å². The predicted octanol–water partition coefficient (Wildman–Crippen LogP) is 1.16. The predicted molar refractivity (Wildman–Crippen MR) is 76.9 cm³/mol. The molecular formula is C14H31N3O. The van der Waals surface area contributed by atoms with Crippen LogP contribution >= 0.6 is 0 Å². The number of ether oxygens (including phenoxy) is 1. The lowest BCUT2D eigenvalue weighted by Crippen LogP contribution is -2.54. The molecule has 0 radical (unpaired) electrons. The molecule has 1 fully saturated rings. The van der Waals surface area contributed by atoms with E-state index in [9.17, 15) is 0 Å². The molecule has 0 saturated carbocycles. The van der Waals surface area contributed by atoms with Gasteiger partial charge in [0.2, 0.25) is 0 Å². The van der Waals surface area contributed by atoms with E-state index in [1.807, 2.05) is 6.92 Å². The highest BCUT2D eigenvalue weighted by Gasteiger charge is 2.37. The van der Waals surface area contributed by atoms with Crippen LogP contribution in [0, 0.1) is 0 Å². The molecule has 1 aliphatic heterocycles. The van der Waals surface area contributed by atoms with Gasteiger partial charge in [0.25, 0.3) is 0 Å². The fraction of sp³-hybridized carbons (Fsp3) is 1.00. The van der Waals surface area contributed by atoms with Crippen molar-refractivity contribution in [3.8, 4) is 0 Å². The van der Waals surface area contributed by atoms with E-state index in [2.05, 4.69) is 30.6 Å². The Morgan fingerprint density at radius 2 is 2.00 bits per heavy atom. The number of hydrogen-bond donors (Lipinski definition) is 1. The Labute approximate surface area is 112 Å². The summed E-state index contributed by atoms with van der Waals surface area (Å²) >= 11 is 0. The number of likely N-dealkylation sites (N-methyl/N-ethyl adjacent to an activating group) is 1. The van der Waals surface area contributed by atoms with Gasteiger partial charge in [0.1, 0.15) is 0 Å². The molecule has 0 aliphatic carbocycles. The van der Waals surface area contributed by atoms with Gasteiger partial charge in [-0.15, -0.1) is 0 Å². The SMILES string of the molecule is CCOCC(C)(CN)N1CCC(N(CC)CC)C1. The lowest BCUT2D eigenvalue weighted by atomic mass is 10.0. The summed E-state index contributed by atoms with van der Waals surface area (Å²) in [6.45, 7) is 15.5. The van der Waals surface area contributed by atoms with Crippen molar-refractivity contribution in [1.82, 2.24) is 9.80 Å². The maximum atomic E-state index is 5.98. The van der Waals surface area contributed by atoms with Crippen molar-refractivity contribution in [1.29, 1.82) is 0 Å². The van der Waals surface area contributed by atoms with E-state index < -0.39 is 0 Å². The van der Waals surface area contributed by atoms with Crippen LogP contribution in [0.15, 0.2) is 0 Å². The van der Waals surface area contributed by atoms with Crippen LogP contribution in [0.25, 0.3) is 0 Å². The second kappa shape index (κ2) is 7.43. The summed E-state index contributed by atoms with van der Waals surface area (Å²) in [7, 11) is 0. The van der Waals surface area contributed by atoms with Crippen molar-refractivity contribution < 1.29 is 4.74 Å². The molecule has 4 heteroatoms. The molecule has 1 heterocycles. The average molecular weight is 257 g/mol. The summed E-state index contributed by atoms with van der Waals surface area (Å²) in [6, 6.07) is 0.688. The maximum absolute atomic E-state index is 5.98. The second-order valence-electron chi connectivity index (χ2n) is 5.45. The Bertz CT molecular complexity index is 233. The smallest absolute Gasteiger partial charge is 0.0659 e. The number of rotatable bonds is 8. The maximum Gasteiger partial charge on any atom is 0.0659 e. The Morgan fingerprint density at radius 3 is 2.50 bits per heavy atom. The van der Waals surface area contributed by atoms with Gasteiger partial charge in [0, 0.05) is 32.3 Å². The molecule has 4 nitrogen and oxygen atoms in total. The standard InChI is InChI=1S/C14H31N3O/c1-5-16(6-2)13-8-9-17(10-13)14(4,11-15)12-18-7-3/h13H,5-12,15H2,1-4H3. The van der Waals surface area contributed by atoms with Crippen LogP contribution in [0.2, 0.25) is 0 Å². The molecule has 0 aromatic carbocycles. The van der Waals surface area contributed by atoms with Crippen molar-refractivity contribution in [2.75, 3.05) is 45.9 Å². The van der Waals surface area contributed by atoms with E-state index in [-0.39, 0.29) is 5.54 Å². The van der Waals surface area contributed by atoms with Crippen LogP contribution in [0.5, 0.6) is 0 Å². The van der Waals surface area contributed by atoms with Crippen LogP contribution < -0.4 is 5.73 Å². The van der Waals surface area contributed by atoms with Gasteiger partial charge in [-0.2, -0.15) is 0 Å². The van der Waals surface area contributed by atoms with E-state index in [1.54, 1.807) is 0 Å². The zero-order valence-electron chi connectivity index (χ0n) is 12.6. The first-order chi connectivity index (χ1) is 8.61. The first-order valence-electron chi connectivity index (χ1n) is 7.38. The summed E-state index contributed by atoms with van der Waals surface area (Å²) in [4.78, 5) is 5.07. The van der Waals surface area contributed by atoms with E-state index in [1.165, 1.54) is 6.42 Å². The minimum Gasteiger partial charge on any atom is -0.380 e. The van der Waals surface area contributed by atoms with E-state index >= 15 is 0 Å². The molecule has 2 unspecified atom stereocenters. The Balaban J connectivity index is 2.57. The summed E-state index contributed by atoms with van der Waals surface area (Å²) in [5.41, 5.74) is 5.98. The van der Waals surface area contributed by atoms with E-state index in [0.29, 0.717) is 12.6 Å². The highest BCUT2D eigenvalue weighted by Crippen LogP contribution is 2.24. The zero-order valence-corrected chi connectivity index (χ0v) is 12.6. The highest BCUT2D eigenvalue weighted by molar-refractivity contribution is 4.94. The van der Waals surface area contributed by atoms with Gasteiger partial charge in [0.15, 0.2) is 0 Å². The van der Waals surface area contributed by atoms with Gasteiger partial charge in [-0.1, -0.05) is 13.8 Å². The quantitative estimate of drug-likeness (QED) is 0.708. The average Bonchev–Trinajstić information content (AvgIpc) is 2.87. The first kappa shape index (κ1) is 15.9. The van der Waals surface area contributed by atoms with Gasteiger partial charge < -0.3 is 10.5 Å². The minimum absolute atomic E-state index is 0.00207. The van der Waals surface area contributed by atoms with Crippen LogP contribution in [0.4, 0.5) is 0 Å². The minimum atomic E-state index is -0.00207. The summed E-state index contributed by atoms with van der Waals surface area (Å²) < 4.78 is 5.62. The summed E-state index contributed by atoms with van der Waals surface area (Å²) in [5, 5.41) is 0. The van der Waals surface area contributed by atoms with Crippen molar-refractivity contribution in [2.45, 2.75) is 45.7 Å². The van der Waals surface area contributed by atoms with Gasteiger partial charge in [-0.05, 0) is 33.4 Å². The lowest BCUT2D eigenvalue weighted by molar-refractivity contribution is 0.0190. The van der Waals surface area contributed by atoms with Crippen molar-refractivity contribution in [2.24, 2.45) is 5.73 Å². The zero-order chi connectivity index (χ0) is 13.6. The number of nitrogens with two attached hydrogens (primary N) is 1. The topological polar surface area (TPSA) is 41.7 Å². The molecule has 18 heavy (non-hydrogen) atoms. The van der Waals surface area contributed by atoms with Gasteiger partial charge in [-0.25, -0.2) is 0 Å². The molecular weight excluding hydrogens is 226 g/mol. The molecule has 0 spiro atoms. The summed E-state index contributed by atoms with van der Waals surface area (Å²) in [6.07, 6.45) is 1.25. The molecule has 0 aromatic rings. The van der Waals surface area contributed by atoms with Gasteiger partial charge >= 0.3 is 0 Å². The highest BCUT2D eigenvalue weighted by atomic mass is 16.5. The Kier molecular flexibility index (Phi) is 6.57. The van der Waals surface area contributed by atoms with Crippen molar-refractivity contribution >= 4 is 0 Å². The molecule has 108 valence electrons. The van der Waals surface area contributed by atoms with E-state index in [0.717, 1.165) is 39.4 Å². The molecule has 1 aliphatic rings. The largest absolute Gasteiger partial charge is 0.380 e. The van der Waals surface area contributed by atoms with Crippen LogP contribution in [-0.4, -0.2) is 67.3 Å². The third-order valence-electron chi connectivity index (χ3n) is 4.31. The number of nitrogens with zero attached hydrogens (tertiary/aromatic N) is 2. The monoisotopic (exact) mass is 257 g/mol. The first-order valence-corrected chi connectivity index (χ1v) is 7.38. The molecule has 0 amide bonds. The fourth-order valence-corrected chi connectivity index (χ4v) is 2.87. The van der Waals surface area contributed by atoms with Crippen LogP contribution in [0.1, 0.15) is 34.1 Å². The van der Waals surface area contributed by atoms with Crippen LogP contribution in [0.3, 0.4) is 0 Å². The molecule has 2 N–H and O–H groups in total. The van der Waals surface area contributed by atoms with Gasteiger partial charge in [-0.3, -0.25) is 9.80 Å². The molecule has 1 rings (SSSR count). The Morgan fingerprint density at radius 1 is 1.33 bits per heavy atom. The Hall–Kier alpha value is -0.160. The number of hydrogen-bond acceptors (Lipinski definition) is 4. The van der Waals surface area contributed by atoms with Crippen molar-refractivity contribution in [3.63, 3.8) is 0 Å². The van der Waals surface area contributed by atoms with Crippen LogP contribution in [-0.2, 0) is 4.74 Å². The molecule has 0 aromatic heterocycles. The number of likely N-dealkylation sites (tertiary alicyclic amines) is 1. The summed E-state index contributed by atoms with van der Waals surface area (Å²) in [5.74, 6) is 0. The fourth-order valence-electron chi connectivity index (χ4n) is 2.87. The molecule has 1 saturated heterocycles. The second-order valence-corrected chi connectivity index (χ2v) is 5.45. The lowest BCUT2D eigenvalue weighted by Gasteiger charge is -2.38. The third kappa shape index (κ3) is 3.67. The normalized spacial score (nSPS) is 24.7. The molecule has 2 atom stereocenters. The molecule has 0 bridgehead atoms. The van der Waals surface area contributed by atoms with Crippen molar-refractivity contribution in [3.05, 3.63) is 0 Å².